The molecule has 1 N–H and O–H groups in total. The highest BCUT2D eigenvalue weighted by molar-refractivity contribution is 7.88. The molecule has 0 saturated carbocycles. The van der Waals surface area contributed by atoms with Gasteiger partial charge in [0, 0.05) is 31.4 Å². The van der Waals surface area contributed by atoms with Crippen molar-refractivity contribution in [3.63, 3.8) is 0 Å². The Morgan fingerprint density at radius 3 is 2.96 bits per heavy atom. The van der Waals surface area contributed by atoms with Gasteiger partial charge in [-0.15, -0.1) is 0 Å². The topological polar surface area (TPSA) is 67.2 Å². The van der Waals surface area contributed by atoms with Crippen molar-refractivity contribution in [2.45, 2.75) is 19.9 Å². The summed E-state index contributed by atoms with van der Waals surface area (Å²) in [5.74, 6) is 0.381. The molecule has 1 saturated heterocycles. The molecule has 0 aliphatic carbocycles. The number of hydrogen-bond acceptors (Lipinski definition) is 4. The molecule has 0 spiro atoms. The summed E-state index contributed by atoms with van der Waals surface area (Å²) in [6.07, 6.45) is 6.20. The van der Waals surface area contributed by atoms with Crippen molar-refractivity contribution in [3.05, 3.63) is 47.8 Å². The summed E-state index contributed by atoms with van der Waals surface area (Å²) in [4.78, 5) is 2.35. The zero-order valence-corrected chi connectivity index (χ0v) is 15.0. The van der Waals surface area contributed by atoms with E-state index in [9.17, 15) is 8.42 Å². The standard InChI is InChI=1S/C17H24N4O2S/c1-14-4-3-5-17(8-14)21-13-16(9-18-21)12-20-7-6-15(11-20)10-19-24(2,22)23/h3-5,8-9,13,15,19H,6-7,10-12H2,1-2H3/t15-/m1/s1. The van der Waals surface area contributed by atoms with E-state index in [-0.39, 0.29) is 0 Å². The van der Waals surface area contributed by atoms with E-state index in [1.807, 2.05) is 23.0 Å². The number of likely N-dealkylation sites (tertiary alicyclic amines) is 1. The molecule has 2 aromatic rings. The molecule has 0 amide bonds. The van der Waals surface area contributed by atoms with E-state index in [1.165, 1.54) is 17.4 Å². The minimum atomic E-state index is -3.10. The zero-order chi connectivity index (χ0) is 17.2. The molecule has 3 rings (SSSR count). The summed E-state index contributed by atoms with van der Waals surface area (Å²) in [5, 5.41) is 4.46. The molecular weight excluding hydrogens is 324 g/mol. The summed E-state index contributed by atoms with van der Waals surface area (Å²) in [5.41, 5.74) is 3.46. The first-order valence-electron chi connectivity index (χ1n) is 8.16. The smallest absolute Gasteiger partial charge is 0.208 e. The van der Waals surface area contributed by atoms with Gasteiger partial charge in [-0.2, -0.15) is 5.10 Å². The summed E-state index contributed by atoms with van der Waals surface area (Å²) < 4.78 is 26.9. The lowest BCUT2D eigenvalue weighted by Gasteiger charge is -2.15. The van der Waals surface area contributed by atoms with Crippen LogP contribution in [0.25, 0.3) is 5.69 Å². The Labute approximate surface area is 143 Å². The van der Waals surface area contributed by atoms with Crippen LogP contribution in [0.2, 0.25) is 0 Å². The summed E-state index contributed by atoms with van der Waals surface area (Å²) in [7, 11) is -3.10. The van der Waals surface area contributed by atoms with Crippen molar-refractivity contribution >= 4 is 10.0 Å². The number of hydrogen-bond donors (Lipinski definition) is 1. The van der Waals surface area contributed by atoms with Gasteiger partial charge < -0.3 is 0 Å². The molecule has 0 bridgehead atoms. The summed E-state index contributed by atoms with van der Waals surface area (Å²) in [6.45, 7) is 5.35. The van der Waals surface area contributed by atoms with Gasteiger partial charge in [0.15, 0.2) is 0 Å². The molecule has 1 aromatic carbocycles. The quantitative estimate of drug-likeness (QED) is 0.860. The second kappa shape index (κ2) is 7.04. The number of nitrogens with one attached hydrogen (secondary N) is 1. The van der Waals surface area contributed by atoms with Crippen molar-refractivity contribution < 1.29 is 8.42 Å². The molecular formula is C17H24N4O2S. The fraction of sp³-hybridized carbons (Fsp3) is 0.471. The summed E-state index contributed by atoms with van der Waals surface area (Å²) in [6, 6.07) is 8.26. The Balaban J connectivity index is 1.56. The van der Waals surface area contributed by atoms with Crippen molar-refractivity contribution in [3.8, 4) is 5.69 Å². The van der Waals surface area contributed by atoms with Crippen LogP contribution in [0.5, 0.6) is 0 Å². The van der Waals surface area contributed by atoms with E-state index in [0.717, 1.165) is 31.7 Å². The maximum atomic E-state index is 11.2. The first kappa shape index (κ1) is 17.1. The molecule has 0 unspecified atom stereocenters. The van der Waals surface area contributed by atoms with Gasteiger partial charge in [0.05, 0.1) is 18.1 Å². The Bertz CT molecular complexity index is 800. The highest BCUT2D eigenvalue weighted by Crippen LogP contribution is 2.19. The second-order valence-electron chi connectivity index (χ2n) is 6.64. The zero-order valence-electron chi connectivity index (χ0n) is 14.1. The highest BCUT2D eigenvalue weighted by Gasteiger charge is 2.23. The molecule has 1 aliphatic heterocycles. The van der Waals surface area contributed by atoms with Crippen LogP contribution in [0.15, 0.2) is 36.7 Å². The highest BCUT2D eigenvalue weighted by atomic mass is 32.2. The van der Waals surface area contributed by atoms with Crippen LogP contribution in [0.1, 0.15) is 17.5 Å². The average molecular weight is 348 g/mol. The molecule has 1 fully saturated rings. The Morgan fingerprint density at radius 1 is 1.38 bits per heavy atom. The Kier molecular flexibility index (Phi) is 5.03. The van der Waals surface area contributed by atoms with E-state index in [1.54, 1.807) is 0 Å². The van der Waals surface area contributed by atoms with Gasteiger partial charge in [-0.25, -0.2) is 17.8 Å². The van der Waals surface area contributed by atoms with E-state index in [0.29, 0.717) is 12.5 Å². The maximum Gasteiger partial charge on any atom is 0.208 e. The van der Waals surface area contributed by atoms with Crippen molar-refractivity contribution in [1.82, 2.24) is 19.4 Å². The molecule has 7 heteroatoms. The third-order valence-corrected chi connectivity index (χ3v) is 5.00. The predicted molar refractivity (Wildman–Crippen MR) is 94.5 cm³/mol. The van der Waals surface area contributed by atoms with Crippen LogP contribution in [0.4, 0.5) is 0 Å². The van der Waals surface area contributed by atoms with Gasteiger partial charge in [-0.05, 0) is 43.5 Å². The van der Waals surface area contributed by atoms with Crippen LogP contribution in [-0.2, 0) is 16.6 Å². The number of rotatable bonds is 6. The largest absolute Gasteiger partial charge is 0.299 e. The number of aromatic nitrogens is 2. The molecule has 1 atom stereocenters. The molecule has 6 nitrogen and oxygen atoms in total. The Morgan fingerprint density at radius 2 is 2.21 bits per heavy atom. The van der Waals surface area contributed by atoms with Crippen LogP contribution < -0.4 is 4.72 Å². The van der Waals surface area contributed by atoms with Gasteiger partial charge in [0.2, 0.25) is 10.0 Å². The molecule has 130 valence electrons. The fourth-order valence-electron chi connectivity index (χ4n) is 3.10. The van der Waals surface area contributed by atoms with Crippen LogP contribution in [0.3, 0.4) is 0 Å². The summed E-state index contributed by atoms with van der Waals surface area (Å²) >= 11 is 0. The normalized spacial score (nSPS) is 19.0. The van der Waals surface area contributed by atoms with Gasteiger partial charge in [-0.3, -0.25) is 4.90 Å². The minimum absolute atomic E-state index is 0.381. The molecule has 24 heavy (non-hydrogen) atoms. The van der Waals surface area contributed by atoms with Crippen molar-refractivity contribution in [2.75, 3.05) is 25.9 Å². The average Bonchev–Trinajstić information content (AvgIpc) is 3.14. The number of sulfonamides is 1. The van der Waals surface area contributed by atoms with Crippen molar-refractivity contribution in [1.29, 1.82) is 0 Å². The Hall–Kier alpha value is -1.70. The third kappa shape index (κ3) is 4.66. The van der Waals surface area contributed by atoms with Crippen LogP contribution in [-0.4, -0.2) is 49.0 Å². The van der Waals surface area contributed by atoms with E-state index in [4.69, 9.17) is 0 Å². The van der Waals surface area contributed by atoms with Crippen molar-refractivity contribution in [2.24, 2.45) is 5.92 Å². The molecule has 1 aromatic heterocycles. The molecule has 1 aliphatic rings. The first-order valence-corrected chi connectivity index (χ1v) is 10.1. The third-order valence-electron chi connectivity index (χ3n) is 4.31. The number of nitrogens with zero attached hydrogens (tertiary/aromatic N) is 3. The lowest BCUT2D eigenvalue weighted by atomic mass is 10.1. The number of aryl methyl sites for hydroxylation is 1. The van der Waals surface area contributed by atoms with E-state index in [2.05, 4.69) is 40.0 Å². The van der Waals surface area contributed by atoms with Gasteiger partial charge in [0.25, 0.3) is 0 Å². The predicted octanol–water partition coefficient (Wildman–Crippen LogP) is 1.55. The lowest BCUT2D eigenvalue weighted by molar-refractivity contribution is 0.316. The molecule has 0 radical (unpaired) electrons. The number of benzene rings is 1. The SMILES string of the molecule is Cc1cccc(-n2cc(CN3CC[C@H](CNS(C)(=O)=O)C3)cn2)c1. The van der Waals surface area contributed by atoms with Gasteiger partial charge in [0.1, 0.15) is 0 Å². The van der Waals surface area contributed by atoms with E-state index < -0.39 is 10.0 Å². The van der Waals surface area contributed by atoms with Crippen LogP contribution >= 0.6 is 0 Å². The fourth-order valence-corrected chi connectivity index (χ4v) is 3.64. The van der Waals surface area contributed by atoms with Crippen LogP contribution in [0, 0.1) is 12.8 Å². The lowest BCUT2D eigenvalue weighted by Crippen LogP contribution is -2.30. The molecule has 2 heterocycles. The monoisotopic (exact) mass is 348 g/mol. The van der Waals surface area contributed by atoms with Gasteiger partial charge in [-0.1, -0.05) is 12.1 Å². The first-order chi connectivity index (χ1) is 11.4. The second-order valence-corrected chi connectivity index (χ2v) is 8.48. The maximum absolute atomic E-state index is 11.2. The van der Waals surface area contributed by atoms with E-state index >= 15 is 0 Å². The van der Waals surface area contributed by atoms with Gasteiger partial charge >= 0.3 is 0 Å². The minimum Gasteiger partial charge on any atom is -0.299 e.